The van der Waals surface area contributed by atoms with Crippen LogP contribution >= 0.6 is 0 Å². The molecule has 0 saturated carbocycles. The summed E-state index contributed by atoms with van der Waals surface area (Å²) >= 11 is 0. The van der Waals surface area contributed by atoms with Gasteiger partial charge in [0.2, 0.25) is 5.91 Å². The standard InChI is InChI=1S/C22H28N2O/c1-16(2)19-9-4-5-10-20(19)17-7-6-8-18(15-17)21-11-12-22(25)24(3)14-13-23-21/h4-10,15-16,21,23H,11-14H2,1-3H3/t21-/m1/s1. The lowest BCUT2D eigenvalue weighted by atomic mass is 9.90. The van der Waals surface area contributed by atoms with Gasteiger partial charge in [-0.25, -0.2) is 0 Å². The van der Waals surface area contributed by atoms with Crippen LogP contribution in [0.25, 0.3) is 11.1 Å². The molecule has 1 aliphatic rings. The Morgan fingerprint density at radius 2 is 1.92 bits per heavy atom. The molecule has 1 aliphatic heterocycles. The molecule has 1 saturated heterocycles. The van der Waals surface area contributed by atoms with Crippen LogP contribution in [0.15, 0.2) is 48.5 Å². The summed E-state index contributed by atoms with van der Waals surface area (Å²) in [4.78, 5) is 13.9. The average molecular weight is 336 g/mol. The molecule has 1 heterocycles. The Morgan fingerprint density at radius 1 is 1.12 bits per heavy atom. The predicted octanol–water partition coefficient (Wildman–Crippen LogP) is 4.36. The second-order valence-corrected chi connectivity index (χ2v) is 7.23. The number of amides is 1. The lowest BCUT2D eigenvalue weighted by molar-refractivity contribution is -0.130. The summed E-state index contributed by atoms with van der Waals surface area (Å²) in [5.41, 5.74) is 5.21. The van der Waals surface area contributed by atoms with Gasteiger partial charge in [0.25, 0.3) is 0 Å². The molecule has 0 aliphatic carbocycles. The van der Waals surface area contributed by atoms with Gasteiger partial charge < -0.3 is 10.2 Å². The first-order valence-electron chi connectivity index (χ1n) is 9.23. The first-order chi connectivity index (χ1) is 12.1. The van der Waals surface area contributed by atoms with E-state index in [-0.39, 0.29) is 11.9 Å². The van der Waals surface area contributed by atoms with Crippen molar-refractivity contribution in [3.63, 3.8) is 0 Å². The van der Waals surface area contributed by atoms with Gasteiger partial charge in [0.05, 0.1) is 0 Å². The molecule has 1 amide bonds. The molecule has 25 heavy (non-hydrogen) atoms. The van der Waals surface area contributed by atoms with E-state index in [1.54, 1.807) is 0 Å². The monoisotopic (exact) mass is 336 g/mol. The fraction of sp³-hybridized carbons (Fsp3) is 0.409. The normalized spacial score (nSPS) is 19.0. The molecule has 2 aromatic carbocycles. The van der Waals surface area contributed by atoms with Gasteiger partial charge in [0.1, 0.15) is 0 Å². The lowest BCUT2D eigenvalue weighted by Gasteiger charge is -2.27. The lowest BCUT2D eigenvalue weighted by Crippen LogP contribution is -2.38. The number of carbonyl (C=O) groups is 1. The van der Waals surface area contributed by atoms with Crippen LogP contribution in [0.3, 0.4) is 0 Å². The van der Waals surface area contributed by atoms with E-state index in [1.807, 2.05) is 11.9 Å². The Bertz CT molecular complexity index is 738. The van der Waals surface area contributed by atoms with Crippen LogP contribution in [0.4, 0.5) is 0 Å². The number of hydrogen-bond donors (Lipinski definition) is 1. The second kappa shape index (κ2) is 7.83. The molecule has 2 aromatic rings. The van der Waals surface area contributed by atoms with Crippen LogP contribution in [-0.2, 0) is 4.79 Å². The van der Waals surface area contributed by atoms with Gasteiger partial charge in [-0.15, -0.1) is 0 Å². The van der Waals surface area contributed by atoms with Gasteiger partial charge in [-0.2, -0.15) is 0 Å². The molecule has 132 valence electrons. The van der Waals surface area contributed by atoms with Crippen LogP contribution in [0.5, 0.6) is 0 Å². The van der Waals surface area contributed by atoms with Gasteiger partial charge in [0.15, 0.2) is 0 Å². The molecule has 0 radical (unpaired) electrons. The Balaban J connectivity index is 1.88. The summed E-state index contributed by atoms with van der Waals surface area (Å²) in [7, 11) is 1.88. The summed E-state index contributed by atoms with van der Waals surface area (Å²) in [6.45, 7) is 6.08. The number of rotatable bonds is 3. The molecule has 0 aromatic heterocycles. The molecule has 0 spiro atoms. The summed E-state index contributed by atoms with van der Waals surface area (Å²) in [5.74, 6) is 0.736. The summed E-state index contributed by atoms with van der Waals surface area (Å²) < 4.78 is 0. The maximum Gasteiger partial charge on any atom is 0.222 e. The Kier molecular flexibility index (Phi) is 5.54. The van der Waals surface area contributed by atoms with E-state index in [0.29, 0.717) is 12.3 Å². The van der Waals surface area contributed by atoms with Crippen LogP contribution in [-0.4, -0.2) is 30.9 Å². The zero-order chi connectivity index (χ0) is 17.8. The third-order valence-corrected chi connectivity index (χ3v) is 5.09. The first-order valence-corrected chi connectivity index (χ1v) is 9.23. The number of carbonyl (C=O) groups excluding carboxylic acids is 1. The molecular formula is C22H28N2O. The first kappa shape index (κ1) is 17.7. The van der Waals surface area contributed by atoms with Crippen LogP contribution in [0.2, 0.25) is 0 Å². The second-order valence-electron chi connectivity index (χ2n) is 7.23. The molecule has 3 rings (SSSR count). The predicted molar refractivity (Wildman–Crippen MR) is 104 cm³/mol. The van der Waals surface area contributed by atoms with Crippen molar-refractivity contribution in [3.05, 3.63) is 59.7 Å². The third kappa shape index (κ3) is 4.10. The minimum Gasteiger partial charge on any atom is -0.344 e. The Labute approximate surface area is 151 Å². The van der Waals surface area contributed by atoms with E-state index < -0.39 is 0 Å². The highest BCUT2D eigenvalue weighted by molar-refractivity contribution is 5.76. The number of likely N-dealkylation sites (N-methyl/N-ethyl adjacent to an activating group) is 1. The van der Waals surface area contributed by atoms with Crippen molar-refractivity contribution in [3.8, 4) is 11.1 Å². The third-order valence-electron chi connectivity index (χ3n) is 5.09. The van der Waals surface area contributed by atoms with Crippen LogP contribution in [0.1, 0.15) is 49.8 Å². The zero-order valence-corrected chi connectivity index (χ0v) is 15.5. The fourth-order valence-corrected chi connectivity index (χ4v) is 3.56. The molecular weight excluding hydrogens is 308 g/mol. The topological polar surface area (TPSA) is 32.3 Å². The maximum absolute atomic E-state index is 12.0. The van der Waals surface area contributed by atoms with Gasteiger partial charge in [-0.3, -0.25) is 4.79 Å². The average Bonchev–Trinajstić information content (AvgIpc) is 2.62. The molecule has 0 unspecified atom stereocenters. The molecule has 1 atom stereocenters. The number of nitrogens with one attached hydrogen (secondary N) is 1. The van der Waals surface area contributed by atoms with E-state index in [0.717, 1.165) is 19.5 Å². The highest BCUT2D eigenvalue weighted by atomic mass is 16.2. The minimum atomic E-state index is 0.240. The Hall–Kier alpha value is -2.13. The highest BCUT2D eigenvalue weighted by Crippen LogP contribution is 2.31. The summed E-state index contributed by atoms with van der Waals surface area (Å²) in [5, 5.41) is 3.61. The minimum absolute atomic E-state index is 0.240. The van der Waals surface area contributed by atoms with E-state index in [1.165, 1.54) is 22.3 Å². The Morgan fingerprint density at radius 3 is 2.72 bits per heavy atom. The van der Waals surface area contributed by atoms with E-state index in [2.05, 4.69) is 67.7 Å². The van der Waals surface area contributed by atoms with E-state index >= 15 is 0 Å². The van der Waals surface area contributed by atoms with Gasteiger partial charge in [-0.05, 0) is 40.7 Å². The number of benzene rings is 2. The van der Waals surface area contributed by atoms with Crippen molar-refractivity contribution < 1.29 is 4.79 Å². The molecule has 3 nitrogen and oxygen atoms in total. The summed E-state index contributed by atoms with van der Waals surface area (Å²) in [6, 6.07) is 17.7. The van der Waals surface area contributed by atoms with Crippen molar-refractivity contribution in [1.82, 2.24) is 10.2 Å². The van der Waals surface area contributed by atoms with Gasteiger partial charge >= 0.3 is 0 Å². The van der Waals surface area contributed by atoms with Gasteiger partial charge in [-0.1, -0.05) is 56.3 Å². The van der Waals surface area contributed by atoms with E-state index in [9.17, 15) is 4.79 Å². The van der Waals surface area contributed by atoms with Crippen molar-refractivity contribution in [2.75, 3.05) is 20.1 Å². The number of nitrogens with zero attached hydrogens (tertiary/aromatic N) is 1. The molecule has 0 bridgehead atoms. The van der Waals surface area contributed by atoms with Gasteiger partial charge in [0, 0.05) is 32.6 Å². The summed E-state index contributed by atoms with van der Waals surface area (Å²) in [6.07, 6.45) is 1.44. The quantitative estimate of drug-likeness (QED) is 0.903. The highest BCUT2D eigenvalue weighted by Gasteiger charge is 2.19. The van der Waals surface area contributed by atoms with E-state index in [4.69, 9.17) is 0 Å². The molecule has 1 fully saturated rings. The maximum atomic E-state index is 12.0. The molecule has 3 heteroatoms. The fourth-order valence-electron chi connectivity index (χ4n) is 3.56. The number of hydrogen-bond acceptors (Lipinski definition) is 2. The van der Waals surface area contributed by atoms with Crippen molar-refractivity contribution in [2.45, 2.75) is 38.6 Å². The van der Waals surface area contributed by atoms with Crippen LogP contribution < -0.4 is 5.32 Å². The smallest absolute Gasteiger partial charge is 0.222 e. The van der Waals surface area contributed by atoms with Crippen molar-refractivity contribution >= 4 is 5.91 Å². The SMILES string of the molecule is CC(C)c1ccccc1-c1cccc([C@H]2CCC(=O)N(C)CCN2)c1. The van der Waals surface area contributed by atoms with Crippen molar-refractivity contribution in [2.24, 2.45) is 0 Å². The van der Waals surface area contributed by atoms with Crippen molar-refractivity contribution in [1.29, 1.82) is 0 Å². The van der Waals surface area contributed by atoms with Crippen LogP contribution in [0, 0.1) is 0 Å². The molecule has 1 N–H and O–H groups in total. The largest absolute Gasteiger partial charge is 0.344 e. The zero-order valence-electron chi connectivity index (χ0n) is 15.5.